The van der Waals surface area contributed by atoms with Crippen molar-refractivity contribution in [2.45, 2.75) is 27.0 Å². The van der Waals surface area contributed by atoms with Crippen molar-refractivity contribution >= 4 is 21.6 Å². The maximum Gasteiger partial charge on any atom is 0.251 e. The van der Waals surface area contributed by atoms with Crippen LogP contribution < -0.4 is 19.1 Å². The molecule has 208 valence electrons. The Morgan fingerprint density at radius 1 is 0.775 bits per heavy atom. The number of anilines is 1. The first-order chi connectivity index (χ1) is 19.2. The van der Waals surface area contributed by atoms with Crippen LogP contribution in [-0.4, -0.2) is 33.7 Å². The van der Waals surface area contributed by atoms with Crippen molar-refractivity contribution in [2.24, 2.45) is 0 Å². The predicted molar refractivity (Wildman–Crippen MR) is 158 cm³/mol. The number of nitrogens with one attached hydrogen (secondary N) is 1. The quantitative estimate of drug-likeness (QED) is 0.227. The topological polar surface area (TPSA) is 84.9 Å². The smallest absolute Gasteiger partial charge is 0.251 e. The zero-order valence-corrected chi connectivity index (χ0v) is 23.8. The van der Waals surface area contributed by atoms with Crippen LogP contribution in [0.1, 0.15) is 32.6 Å². The van der Waals surface area contributed by atoms with Gasteiger partial charge in [0.2, 0.25) is 10.0 Å². The van der Waals surface area contributed by atoms with E-state index in [0.717, 1.165) is 22.4 Å². The maximum absolute atomic E-state index is 12.6. The number of amides is 1. The summed E-state index contributed by atoms with van der Waals surface area (Å²) >= 11 is 0. The molecular weight excluding hydrogens is 524 g/mol. The monoisotopic (exact) mass is 558 g/mol. The molecule has 0 aliphatic rings. The third-order valence-electron chi connectivity index (χ3n) is 6.45. The van der Waals surface area contributed by atoms with Gasteiger partial charge in [-0.05, 0) is 84.6 Å². The maximum atomic E-state index is 12.6. The Bertz CT molecular complexity index is 1520. The lowest BCUT2D eigenvalue weighted by Crippen LogP contribution is -2.29. The highest BCUT2D eigenvalue weighted by atomic mass is 32.2. The number of aryl methyl sites for hydroxylation is 2. The van der Waals surface area contributed by atoms with Crippen molar-refractivity contribution in [3.63, 3.8) is 0 Å². The van der Waals surface area contributed by atoms with Crippen molar-refractivity contribution in [2.75, 3.05) is 23.7 Å². The fourth-order valence-corrected chi connectivity index (χ4v) is 4.90. The van der Waals surface area contributed by atoms with Crippen molar-refractivity contribution in [3.8, 4) is 11.5 Å². The third kappa shape index (κ3) is 8.10. The molecule has 0 saturated carbocycles. The fraction of sp³-hybridized carbons (Fsp3) is 0.219. The summed E-state index contributed by atoms with van der Waals surface area (Å²) in [4.78, 5) is 12.6. The van der Waals surface area contributed by atoms with Crippen LogP contribution in [0.4, 0.5) is 5.69 Å². The zero-order chi connectivity index (χ0) is 28.5. The molecule has 0 bridgehead atoms. The highest BCUT2D eigenvalue weighted by Gasteiger charge is 2.18. The van der Waals surface area contributed by atoms with E-state index in [-0.39, 0.29) is 12.5 Å². The van der Waals surface area contributed by atoms with E-state index in [1.54, 1.807) is 48.5 Å². The number of rotatable bonds is 12. The summed E-state index contributed by atoms with van der Waals surface area (Å²) in [6.45, 7) is 5.35. The van der Waals surface area contributed by atoms with Crippen LogP contribution in [0.25, 0.3) is 0 Å². The molecule has 7 nitrogen and oxygen atoms in total. The summed E-state index contributed by atoms with van der Waals surface area (Å²) in [5.74, 6) is 1.20. The third-order valence-corrected chi connectivity index (χ3v) is 7.59. The van der Waals surface area contributed by atoms with Gasteiger partial charge in [0.05, 0.1) is 25.0 Å². The van der Waals surface area contributed by atoms with Gasteiger partial charge in [-0.3, -0.25) is 9.10 Å². The van der Waals surface area contributed by atoms with Crippen LogP contribution in [0.2, 0.25) is 0 Å². The molecule has 1 N–H and O–H groups in total. The molecule has 0 atom stereocenters. The fourth-order valence-electron chi connectivity index (χ4n) is 4.02. The highest BCUT2D eigenvalue weighted by molar-refractivity contribution is 7.92. The first kappa shape index (κ1) is 28.7. The van der Waals surface area contributed by atoms with Gasteiger partial charge in [0, 0.05) is 5.56 Å². The van der Waals surface area contributed by atoms with Crippen molar-refractivity contribution in [3.05, 3.63) is 125 Å². The molecule has 0 radical (unpaired) electrons. The molecule has 8 heteroatoms. The largest absolute Gasteiger partial charge is 0.492 e. The molecule has 40 heavy (non-hydrogen) atoms. The van der Waals surface area contributed by atoms with Crippen LogP contribution in [-0.2, 0) is 23.2 Å². The summed E-state index contributed by atoms with van der Waals surface area (Å²) < 4.78 is 38.1. The van der Waals surface area contributed by atoms with Gasteiger partial charge in [-0.15, -0.1) is 0 Å². The summed E-state index contributed by atoms with van der Waals surface area (Å²) in [6, 6.07) is 29.6. The molecule has 0 aromatic heterocycles. The van der Waals surface area contributed by atoms with E-state index in [9.17, 15) is 13.2 Å². The van der Waals surface area contributed by atoms with E-state index in [4.69, 9.17) is 9.47 Å². The van der Waals surface area contributed by atoms with Crippen LogP contribution in [0.15, 0.2) is 97.1 Å². The van der Waals surface area contributed by atoms with Gasteiger partial charge in [0.25, 0.3) is 5.91 Å². The van der Waals surface area contributed by atoms with Crippen molar-refractivity contribution < 1.29 is 22.7 Å². The van der Waals surface area contributed by atoms with Gasteiger partial charge in [0.1, 0.15) is 24.7 Å². The van der Waals surface area contributed by atoms with Gasteiger partial charge in [-0.1, -0.05) is 48.5 Å². The van der Waals surface area contributed by atoms with E-state index in [0.29, 0.717) is 36.8 Å². The van der Waals surface area contributed by atoms with Gasteiger partial charge in [0.15, 0.2) is 0 Å². The van der Waals surface area contributed by atoms with Crippen LogP contribution in [0.3, 0.4) is 0 Å². The molecule has 0 aliphatic heterocycles. The number of ether oxygens (including phenoxy) is 2. The van der Waals surface area contributed by atoms with Crippen LogP contribution in [0, 0.1) is 13.8 Å². The average molecular weight is 559 g/mol. The molecule has 4 aromatic carbocycles. The van der Waals surface area contributed by atoms with Crippen LogP contribution in [0.5, 0.6) is 11.5 Å². The number of hydrogen-bond acceptors (Lipinski definition) is 5. The highest BCUT2D eigenvalue weighted by Crippen LogP contribution is 2.24. The van der Waals surface area contributed by atoms with E-state index < -0.39 is 10.0 Å². The molecule has 0 fully saturated rings. The Balaban J connectivity index is 1.31. The molecule has 0 unspecified atom stereocenters. The van der Waals surface area contributed by atoms with E-state index in [1.807, 2.05) is 62.4 Å². The van der Waals surface area contributed by atoms with Gasteiger partial charge < -0.3 is 14.8 Å². The van der Waals surface area contributed by atoms with Crippen molar-refractivity contribution in [1.29, 1.82) is 0 Å². The molecule has 0 spiro atoms. The lowest BCUT2D eigenvalue weighted by Gasteiger charge is -2.23. The minimum Gasteiger partial charge on any atom is -0.492 e. The molecule has 4 rings (SSSR count). The first-order valence-corrected chi connectivity index (χ1v) is 14.9. The molecule has 0 aliphatic carbocycles. The summed E-state index contributed by atoms with van der Waals surface area (Å²) in [7, 11) is -3.55. The Hall–Kier alpha value is -4.30. The molecule has 0 heterocycles. The second kappa shape index (κ2) is 13.2. The molecule has 4 aromatic rings. The zero-order valence-electron chi connectivity index (χ0n) is 23.0. The predicted octanol–water partition coefficient (Wildman–Crippen LogP) is 5.66. The standard InChI is InChI=1S/C32H34N2O5S/c1-24-9-16-31(21-25(24)2)38-20-19-33-32(35)28-12-10-26(11-13-28)22-34(40(3,36)37)29-14-17-30(18-15-29)39-23-27-7-5-4-6-8-27/h4-18,21H,19-20,22-23H2,1-3H3,(H,33,35). The number of carbonyl (C=O) groups excluding carboxylic acids is 1. The lowest BCUT2D eigenvalue weighted by atomic mass is 10.1. The summed E-state index contributed by atoms with van der Waals surface area (Å²) in [5.41, 5.74) is 5.17. The molecular formula is C32H34N2O5S. The Kier molecular flexibility index (Phi) is 9.45. The normalized spacial score (nSPS) is 11.1. The summed E-state index contributed by atoms with van der Waals surface area (Å²) in [6.07, 6.45) is 1.18. The second-order valence-electron chi connectivity index (χ2n) is 9.59. The Morgan fingerprint density at radius 2 is 1.45 bits per heavy atom. The minimum atomic E-state index is -3.55. The van der Waals surface area contributed by atoms with E-state index in [1.165, 1.54) is 16.1 Å². The molecule has 1 amide bonds. The number of hydrogen-bond donors (Lipinski definition) is 1. The summed E-state index contributed by atoms with van der Waals surface area (Å²) in [5, 5.41) is 2.85. The van der Waals surface area contributed by atoms with E-state index in [2.05, 4.69) is 5.32 Å². The second-order valence-corrected chi connectivity index (χ2v) is 11.5. The first-order valence-electron chi connectivity index (χ1n) is 13.0. The Morgan fingerprint density at radius 3 is 2.10 bits per heavy atom. The number of carbonyl (C=O) groups is 1. The average Bonchev–Trinajstić information content (AvgIpc) is 2.95. The Labute approximate surface area is 236 Å². The number of benzene rings is 4. The number of sulfonamides is 1. The number of nitrogens with zero attached hydrogens (tertiary/aromatic N) is 1. The van der Waals surface area contributed by atoms with E-state index >= 15 is 0 Å². The van der Waals surface area contributed by atoms with Gasteiger partial charge in [-0.2, -0.15) is 0 Å². The SMILES string of the molecule is Cc1ccc(OCCNC(=O)c2ccc(CN(c3ccc(OCc4ccccc4)cc3)S(C)(=O)=O)cc2)cc1C. The minimum absolute atomic E-state index is 0.134. The lowest BCUT2D eigenvalue weighted by molar-refractivity contribution is 0.0947. The van der Waals surface area contributed by atoms with Gasteiger partial charge >= 0.3 is 0 Å². The molecule has 0 saturated heterocycles. The van der Waals surface area contributed by atoms with Crippen LogP contribution >= 0.6 is 0 Å². The van der Waals surface area contributed by atoms with Crippen molar-refractivity contribution in [1.82, 2.24) is 5.32 Å². The van der Waals surface area contributed by atoms with Gasteiger partial charge in [-0.25, -0.2) is 8.42 Å².